The van der Waals surface area contributed by atoms with Gasteiger partial charge >= 0.3 is 5.97 Å². The molecule has 3 N–H and O–H groups in total. The molecule has 0 aromatic heterocycles. The van der Waals surface area contributed by atoms with Crippen LogP contribution in [0.5, 0.6) is 0 Å². The maximum Gasteiger partial charge on any atom is 0.343 e. The van der Waals surface area contributed by atoms with Crippen molar-refractivity contribution in [3.8, 4) is 0 Å². The Kier molecular flexibility index (Phi) is 4.58. The summed E-state index contributed by atoms with van der Waals surface area (Å²) in [4.78, 5) is 12.2. The first-order valence-electron chi connectivity index (χ1n) is 6.93. The summed E-state index contributed by atoms with van der Waals surface area (Å²) >= 11 is 0. The van der Waals surface area contributed by atoms with E-state index in [2.05, 4.69) is 0 Å². The Morgan fingerprint density at radius 1 is 1.43 bits per heavy atom. The van der Waals surface area contributed by atoms with E-state index in [0.29, 0.717) is 0 Å². The Labute approximate surface area is 121 Å². The van der Waals surface area contributed by atoms with Crippen LogP contribution in [0.4, 0.5) is 8.78 Å². The average Bonchev–Trinajstić information content (AvgIpc) is 2.85. The lowest BCUT2D eigenvalue weighted by Crippen LogP contribution is -2.44. The molecule has 0 radical (unpaired) electrons. The van der Waals surface area contributed by atoms with Gasteiger partial charge < -0.3 is 15.6 Å². The number of nitrogens with two attached hydrogens (primary N) is 1. The first-order chi connectivity index (χ1) is 9.90. The number of carbonyl (C=O) groups excluding carboxylic acids is 1. The second-order valence-corrected chi connectivity index (χ2v) is 5.35. The number of carbonyl (C=O) groups is 1. The van der Waals surface area contributed by atoms with E-state index in [1.54, 1.807) is 30.3 Å². The zero-order chi connectivity index (χ0) is 15.5. The zero-order valence-corrected chi connectivity index (χ0v) is 11.6. The van der Waals surface area contributed by atoms with Crippen LogP contribution in [-0.2, 0) is 15.1 Å². The van der Waals surface area contributed by atoms with Gasteiger partial charge in [-0.3, -0.25) is 0 Å². The highest BCUT2D eigenvalue weighted by Gasteiger charge is 2.54. The number of halogens is 2. The molecule has 1 aromatic carbocycles. The van der Waals surface area contributed by atoms with Gasteiger partial charge in [0.05, 0.1) is 0 Å². The minimum atomic E-state index is -2.86. The van der Waals surface area contributed by atoms with Crippen LogP contribution in [0.2, 0.25) is 0 Å². The van der Waals surface area contributed by atoms with Gasteiger partial charge in [0.1, 0.15) is 6.61 Å². The summed E-state index contributed by atoms with van der Waals surface area (Å²) in [6.45, 7) is 0.0501. The lowest BCUT2D eigenvalue weighted by Gasteiger charge is -2.32. The number of aliphatic hydroxyl groups is 1. The smallest absolute Gasteiger partial charge is 0.343 e. The highest BCUT2D eigenvalue weighted by molar-refractivity contribution is 5.81. The minimum absolute atomic E-state index is 0.0584. The number of esters is 1. The maximum atomic E-state index is 13.5. The molecule has 1 aliphatic rings. The molecule has 1 fully saturated rings. The van der Waals surface area contributed by atoms with Crippen LogP contribution < -0.4 is 5.73 Å². The summed E-state index contributed by atoms with van der Waals surface area (Å²) in [6, 6.07) is 8.09. The molecule has 21 heavy (non-hydrogen) atoms. The van der Waals surface area contributed by atoms with E-state index in [0.717, 1.165) is 0 Å². The van der Waals surface area contributed by atoms with Crippen LogP contribution in [0.3, 0.4) is 0 Å². The van der Waals surface area contributed by atoms with Crippen molar-refractivity contribution in [1.29, 1.82) is 0 Å². The molecule has 0 amide bonds. The molecule has 0 saturated heterocycles. The van der Waals surface area contributed by atoms with E-state index in [1.165, 1.54) is 0 Å². The number of ether oxygens (including phenoxy) is 1. The van der Waals surface area contributed by atoms with Crippen molar-refractivity contribution in [2.45, 2.75) is 30.8 Å². The van der Waals surface area contributed by atoms with Gasteiger partial charge in [-0.05, 0) is 12.0 Å². The van der Waals surface area contributed by atoms with Crippen molar-refractivity contribution >= 4 is 5.97 Å². The van der Waals surface area contributed by atoms with E-state index in [4.69, 9.17) is 10.5 Å². The van der Waals surface area contributed by atoms with Crippen molar-refractivity contribution in [2.24, 2.45) is 11.7 Å². The van der Waals surface area contributed by atoms with E-state index >= 15 is 0 Å². The first kappa shape index (κ1) is 15.9. The molecule has 0 aliphatic heterocycles. The quantitative estimate of drug-likeness (QED) is 0.813. The fourth-order valence-corrected chi connectivity index (χ4v) is 2.78. The van der Waals surface area contributed by atoms with Crippen LogP contribution >= 0.6 is 0 Å². The van der Waals surface area contributed by atoms with Crippen molar-refractivity contribution in [3.63, 3.8) is 0 Å². The molecule has 1 saturated carbocycles. The van der Waals surface area contributed by atoms with Crippen LogP contribution in [-0.4, -0.2) is 30.2 Å². The summed E-state index contributed by atoms with van der Waals surface area (Å²) < 4.78 is 31.9. The Balaban J connectivity index is 2.33. The van der Waals surface area contributed by atoms with Gasteiger partial charge in [-0.2, -0.15) is 0 Å². The molecule has 1 aromatic rings. The molecule has 0 bridgehead atoms. The largest absolute Gasteiger partial charge is 0.462 e. The normalized spacial score (nSPS) is 23.5. The molecule has 116 valence electrons. The molecule has 4 nitrogen and oxygen atoms in total. The molecule has 6 heteroatoms. The highest BCUT2D eigenvalue weighted by atomic mass is 19.3. The second-order valence-electron chi connectivity index (χ2n) is 5.35. The third-order valence-corrected chi connectivity index (χ3v) is 3.87. The fraction of sp³-hybridized carbons (Fsp3) is 0.533. The Morgan fingerprint density at radius 3 is 2.62 bits per heavy atom. The van der Waals surface area contributed by atoms with Crippen LogP contribution in [0.1, 0.15) is 24.8 Å². The van der Waals surface area contributed by atoms with E-state index in [-0.39, 0.29) is 31.6 Å². The van der Waals surface area contributed by atoms with Gasteiger partial charge in [-0.25, -0.2) is 13.6 Å². The van der Waals surface area contributed by atoms with Crippen LogP contribution in [0.25, 0.3) is 0 Å². The van der Waals surface area contributed by atoms with Gasteiger partial charge in [-0.15, -0.1) is 0 Å². The number of hydrogen-bond acceptors (Lipinski definition) is 4. The standard InChI is InChI=1S/C15H19F2NO3/c16-14(17)7-6-12(10-14)15(20,13(19)21-9-8-18)11-4-2-1-3-5-11/h1-5,12,20H,6-10,18H2. The van der Waals surface area contributed by atoms with Gasteiger partial charge in [0.2, 0.25) is 5.92 Å². The molecular formula is C15H19F2NO3. The van der Waals surface area contributed by atoms with E-state index in [1.807, 2.05) is 0 Å². The Bertz CT molecular complexity index is 495. The second kappa shape index (κ2) is 6.07. The summed E-state index contributed by atoms with van der Waals surface area (Å²) in [5, 5.41) is 10.9. The number of hydrogen-bond donors (Lipinski definition) is 2. The van der Waals surface area contributed by atoms with Crippen molar-refractivity contribution in [3.05, 3.63) is 35.9 Å². The molecule has 0 spiro atoms. The van der Waals surface area contributed by atoms with E-state index < -0.39 is 29.8 Å². The van der Waals surface area contributed by atoms with E-state index in [9.17, 15) is 18.7 Å². The molecule has 2 rings (SSSR count). The van der Waals surface area contributed by atoms with Crippen molar-refractivity contribution < 1.29 is 23.4 Å². The molecule has 2 atom stereocenters. The Hall–Kier alpha value is -1.53. The summed E-state index contributed by atoms with van der Waals surface area (Å²) in [5.74, 6) is -4.65. The summed E-state index contributed by atoms with van der Waals surface area (Å²) in [6.07, 6.45) is -0.802. The maximum absolute atomic E-state index is 13.5. The van der Waals surface area contributed by atoms with Crippen molar-refractivity contribution in [1.82, 2.24) is 0 Å². The Morgan fingerprint density at radius 2 is 2.10 bits per heavy atom. The molecule has 2 unspecified atom stereocenters. The predicted molar refractivity (Wildman–Crippen MR) is 72.6 cm³/mol. The van der Waals surface area contributed by atoms with Crippen LogP contribution in [0, 0.1) is 5.92 Å². The number of benzene rings is 1. The summed E-state index contributed by atoms with van der Waals surface area (Å²) in [5.41, 5.74) is 3.49. The third-order valence-electron chi connectivity index (χ3n) is 3.87. The number of alkyl halides is 2. The predicted octanol–water partition coefficient (Wildman–Crippen LogP) is 1.81. The SMILES string of the molecule is NCCOC(=O)C(O)(c1ccccc1)C1CCC(F)(F)C1. The van der Waals surface area contributed by atoms with Gasteiger partial charge in [-0.1, -0.05) is 30.3 Å². The van der Waals surface area contributed by atoms with Crippen molar-refractivity contribution in [2.75, 3.05) is 13.2 Å². The molecule has 0 heterocycles. The third kappa shape index (κ3) is 3.22. The highest BCUT2D eigenvalue weighted by Crippen LogP contribution is 2.47. The minimum Gasteiger partial charge on any atom is -0.462 e. The molecule has 1 aliphatic carbocycles. The summed E-state index contributed by atoms with van der Waals surface area (Å²) in [7, 11) is 0. The first-order valence-corrected chi connectivity index (χ1v) is 6.93. The lowest BCUT2D eigenvalue weighted by atomic mass is 9.80. The van der Waals surface area contributed by atoms with Crippen LogP contribution in [0.15, 0.2) is 30.3 Å². The topological polar surface area (TPSA) is 72.5 Å². The molecular weight excluding hydrogens is 280 g/mol. The van der Waals surface area contributed by atoms with Gasteiger partial charge in [0.15, 0.2) is 5.60 Å². The van der Waals surface area contributed by atoms with Gasteiger partial charge in [0.25, 0.3) is 0 Å². The zero-order valence-electron chi connectivity index (χ0n) is 11.6. The average molecular weight is 299 g/mol. The number of rotatable bonds is 5. The lowest BCUT2D eigenvalue weighted by molar-refractivity contribution is -0.174. The van der Waals surface area contributed by atoms with Gasteiger partial charge in [0, 0.05) is 25.3 Å². The monoisotopic (exact) mass is 299 g/mol. The fourth-order valence-electron chi connectivity index (χ4n) is 2.78.